The number of rotatable bonds is 6. The number of hydrogen-bond acceptors (Lipinski definition) is 5. The van der Waals surface area contributed by atoms with Gasteiger partial charge in [0.1, 0.15) is 11.9 Å². The minimum absolute atomic E-state index is 0.138. The van der Waals surface area contributed by atoms with Crippen LogP contribution < -0.4 is 11.5 Å². The third kappa shape index (κ3) is 4.10. The topological polar surface area (TPSA) is 116 Å². The van der Waals surface area contributed by atoms with Crippen molar-refractivity contribution in [2.24, 2.45) is 5.73 Å². The molecular weight excluding hydrogens is 391 g/mol. The first-order chi connectivity index (χ1) is 12.9. The van der Waals surface area contributed by atoms with Crippen LogP contribution in [0.15, 0.2) is 36.4 Å². The van der Waals surface area contributed by atoms with Crippen molar-refractivity contribution in [1.82, 2.24) is 9.55 Å². The third-order valence-electron chi connectivity index (χ3n) is 4.10. The molecule has 3 aromatic rings. The maximum Gasteiger partial charge on any atom is 0.404 e. The predicted molar refractivity (Wildman–Crippen MR) is 105 cm³/mol. The van der Waals surface area contributed by atoms with Gasteiger partial charge in [0.05, 0.1) is 23.3 Å². The molecule has 0 bridgehead atoms. The average molecular weight is 409 g/mol. The molecule has 5 N–H and O–H groups in total. The Morgan fingerprint density at radius 1 is 1.30 bits per heavy atom. The highest BCUT2D eigenvalue weighted by Gasteiger charge is 2.23. The maximum absolute atomic E-state index is 10.9. The number of aromatic nitrogens is 2. The fourth-order valence-electron chi connectivity index (χ4n) is 2.92. The van der Waals surface area contributed by atoms with Gasteiger partial charge >= 0.3 is 6.09 Å². The van der Waals surface area contributed by atoms with Crippen LogP contribution in [0.5, 0.6) is 0 Å². The molecule has 9 heteroatoms. The molecule has 0 aliphatic rings. The summed E-state index contributed by atoms with van der Waals surface area (Å²) in [5.41, 5.74) is 13.4. The number of imidazole rings is 1. The van der Waals surface area contributed by atoms with Gasteiger partial charge in [-0.15, -0.1) is 0 Å². The molecule has 0 aliphatic carbocycles. The van der Waals surface area contributed by atoms with Crippen LogP contribution in [0.3, 0.4) is 0 Å². The van der Waals surface area contributed by atoms with E-state index in [9.17, 15) is 9.90 Å². The number of carbonyl (C=O) groups is 1. The molecule has 0 saturated heterocycles. The van der Waals surface area contributed by atoms with Crippen molar-refractivity contribution in [1.29, 1.82) is 0 Å². The Kier molecular flexibility index (Phi) is 5.74. The van der Waals surface area contributed by atoms with Crippen molar-refractivity contribution >= 4 is 46.0 Å². The van der Waals surface area contributed by atoms with Crippen molar-refractivity contribution < 1.29 is 14.6 Å². The summed E-state index contributed by atoms with van der Waals surface area (Å²) >= 11 is 12.2. The summed E-state index contributed by atoms with van der Waals surface area (Å²) in [6, 6.07) is 10.2. The van der Waals surface area contributed by atoms with Gasteiger partial charge in [-0.2, -0.15) is 0 Å². The molecule has 0 fully saturated rings. The van der Waals surface area contributed by atoms with Gasteiger partial charge in [0.25, 0.3) is 0 Å². The fourth-order valence-corrected chi connectivity index (χ4v) is 3.44. The minimum Gasteiger partial charge on any atom is -0.450 e. The number of benzene rings is 2. The molecule has 1 amide bonds. The summed E-state index contributed by atoms with van der Waals surface area (Å²) in [5.74, 6) is 0.381. The van der Waals surface area contributed by atoms with E-state index in [1.54, 1.807) is 34.9 Å². The van der Waals surface area contributed by atoms with Gasteiger partial charge in [0.2, 0.25) is 0 Å². The van der Waals surface area contributed by atoms with E-state index in [0.29, 0.717) is 51.1 Å². The fraction of sp³-hybridized carbons (Fsp3) is 0.222. The monoisotopic (exact) mass is 408 g/mol. The first kappa shape index (κ1) is 19.3. The molecule has 0 radical (unpaired) electrons. The Labute approximate surface area is 165 Å². The Morgan fingerprint density at radius 2 is 2.07 bits per heavy atom. The minimum atomic E-state index is -1.08. The Bertz CT molecular complexity index is 990. The number of aliphatic hydroxyl groups excluding tert-OH is 1. The molecule has 27 heavy (non-hydrogen) atoms. The van der Waals surface area contributed by atoms with Crippen LogP contribution >= 0.6 is 23.2 Å². The van der Waals surface area contributed by atoms with Crippen molar-refractivity contribution in [3.05, 3.63) is 57.8 Å². The van der Waals surface area contributed by atoms with E-state index in [1.807, 2.05) is 6.07 Å². The number of para-hydroxylation sites is 1. The van der Waals surface area contributed by atoms with Gasteiger partial charge in [-0.25, -0.2) is 9.78 Å². The smallest absolute Gasteiger partial charge is 0.404 e. The number of halogens is 2. The lowest BCUT2D eigenvalue weighted by Gasteiger charge is -2.16. The molecule has 7 nitrogen and oxygen atoms in total. The first-order valence-corrected chi connectivity index (χ1v) is 8.94. The van der Waals surface area contributed by atoms with Crippen molar-refractivity contribution in [2.45, 2.75) is 19.1 Å². The highest BCUT2D eigenvalue weighted by Crippen LogP contribution is 2.33. The quantitative estimate of drug-likeness (QED) is 0.426. The van der Waals surface area contributed by atoms with Crippen molar-refractivity contribution in [3.8, 4) is 0 Å². The normalized spacial score (nSPS) is 12.3. The Hall–Kier alpha value is -2.48. The number of amides is 1. The van der Waals surface area contributed by atoms with Crippen LogP contribution in [0.25, 0.3) is 11.0 Å². The summed E-state index contributed by atoms with van der Waals surface area (Å²) in [6.45, 7) is 0.550. The number of hydrogen-bond donors (Lipinski definition) is 3. The molecule has 1 aromatic heterocycles. The number of anilines is 1. The molecule has 0 spiro atoms. The number of ether oxygens (including phenoxy) is 1. The highest BCUT2D eigenvalue weighted by molar-refractivity contribution is 6.35. The molecule has 0 saturated carbocycles. The van der Waals surface area contributed by atoms with E-state index in [-0.39, 0.29) is 6.61 Å². The number of nitrogen functional groups attached to an aromatic ring is 1. The summed E-state index contributed by atoms with van der Waals surface area (Å²) in [4.78, 5) is 15.3. The SMILES string of the molecule is NC(=O)OCCCn1c(C(O)c2ccc(Cl)cc2Cl)nc2cccc(N)c21. The highest BCUT2D eigenvalue weighted by atomic mass is 35.5. The second-order valence-electron chi connectivity index (χ2n) is 5.93. The van der Waals surface area contributed by atoms with Gasteiger partial charge in [0, 0.05) is 22.2 Å². The zero-order valence-electron chi connectivity index (χ0n) is 14.2. The van der Waals surface area contributed by atoms with Crippen LogP contribution in [0, 0.1) is 0 Å². The number of nitrogens with two attached hydrogens (primary N) is 2. The van der Waals surface area contributed by atoms with Crippen molar-refractivity contribution in [3.63, 3.8) is 0 Å². The average Bonchev–Trinajstić information content (AvgIpc) is 2.98. The number of aliphatic hydroxyl groups is 1. The summed E-state index contributed by atoms with van der Waals surface area (Å²) in [5, 5.41) is 11.7. The summed E-state index contributed by atoms with van der Waals surface area (Å²) < 4.78 is 6.57. The molecule has 2 aromatic carbocycles. The molecule has 142 valence electrons. The number of aryl methyl sites for hydroxylation is 1. The van der Waals surface area contributed by atoms with E-state index >= 15 is 0 Å². The molecular formula is C18H18Cl2N4O3. The number of nitrogens with zero attached hydrogens (tertiary/aromatic N) is 2. The van der Waals surface area contributed by atoms with Crippen molar-refractivity contribution in [2.75, 3.05) is 12.3 Å². The summed E-state index contributed by atoms with van der Waals surface area (Å²) in [6.07, 6.45) is -1.45. The molecule has 3 rings (SSSR count). The number of fused-ring (bicyclic) bond motifs is 1. The molecule has 0 aliphatic heterocycles. The van der Waals surface area contributed by atoms with E-state index in [2.05, 4.69) is 4.98 Å². The lowest BCUT2D eigenvalue weighted by Crippen LogP contribution is -2.16. The Balaban J connectivity index is 2.01. The van der Waals surface area contributed by atoms with Crippen LogP contribution in [0.4, 0.5) is 10.5 Å². The largest absolute Gasteiger partial charge is 0.450 e. The second kappa shape index (κ2) is 8.04. The van der Waals surface area contributed by atoms with Crippen LogP contribution in [-0.4, -0.2) is 27.4 Å². The van der Waals surface area contributed by atoms with E-state index in [4.69, 9.17) is 39.4 Å². The first-order valence-electron chi connectivity index (χ1n) is 8.18. The third-order valence-corrected chi connectivity index (χ3v) is 4.66. The summed E-state index contributed by atoms with van der Waals surface area (Å²) in [7, 11) is 0. The maximum atomic E-state index is 10.9. The van der Waals surface area contributed by atoms with E-state index < -0.39 is 12.2 Å². The zero-order chi connectivity index (χ0) is 19.6. The number of primary amides is 1. The molecule has 1 atom stereocenters. The van der Waals surface area contributed by atoms with Gasteiger partial charge < -0.3 is 25.9 Å². The van der Waals surface area contributed by atoms with Gasteiger partial charge in [-0.05, 0) is 30.7 Å². The Morgan fingerprint density at radius 3 is 2.78 bits per heavy atom. The molecule has 1 unspecified atom stereocenters. The van der Waals surface area contributed by atoms with Gasteiger partial charge in [0.15, 0.2) is 0 Å². The van der Waals surface area contributed by atoms with E-state index in [1.165, 1.54) is 0 Å². The lowest BCUT2D eigenvalue weighted by molar-refractivity contribution is 0.153. The van der Waals surface area contributed by atoms with Gasteiger partial charge in [-0.3, -0.25) is 0 Å². The van der Waals surface area contributed by atoms with Crippen LogP contribution in [-0.2, 0) is 11.3 Å². The molecule has 1 heterocycles. The van der Waals surface area contributed by atoms with Crippen LogP contribution in [0.2, 0.25) is 10.0 Å². The lowest BCUT2D eigenvalue weighted by atomic mass is 10.1. The van der Waals surface area contributed by atoms with E-state index in [0.717, 1.165) is 0 Å². The standard InChI is InChI=1S/C18H18Cl2N4O3/c19-10-5-6-11(12(20)9-10)16(25)17-23-14-4-1-3-13(21)15(14)24(17)7-2-8-27-18(22)26/h1,3-6,9,16,25H,2,7-8,21H2,(H2,22,26). The van der Waals surface area contributed by atoms with Crippen LogP contribution in [0.1, 0.15) is 23.9 Å². The second-order valence-corrected chi connectivity index (χ2v) is 6.77. The predicted octanol–water partition coefficient (Wildman–Crippen LogP) is 3.49. The number of carbonyl (C=O) groups excluding carboxylic acids is 1. The van der Waals surface area contributed by atoms with Gasteiger partial charge in [-0.1, -0.05) is 35.3 Å². The zero-order valence-corrected chi connectivity index (χ0v) is 15.7.